The number of nitrogens with one attached hydrogen (secondary N) is 1. The van der Waals surface area contributed by atoms with Gasteiger partial charge in [-0.05, 0) is 17.7 Å². The van der Waals surface area contributed by atoms with E-state index in [1.165, 1.54) is 0 Å². The van der Waals surface area contributed by atoms with E-state index in [1.807, 2.05) is 0 Å². The van der Waals surface area contributed by atoms with E-state index >= 15 is 0 Å². The van der Waals surface area contributed by atoms with E-state index in [4.69, 9.17) is 0 Å². The summed E-state index contributed by atoms with van der Waals surface area (Å²) < 4.78 is 23.9. The van der Waals surface area contributed by atoms with Crippen LogP contribution in [0.25, 0.3) is 0 Å². The average Bonchev–Trinajstić information content (AvgIpc) is 2.03. The second-order valence-corrected chi connectivity index (χ2v) is 4.46. The molecule has 71 valence electrons. The van der Waals surface area contributed by atoms with Crippen LogP contribution in [0.2, 0.25) is 0 Å². The highest BCUT2D eigenvalue weighted by atomic mass is 32.2. The van der Waals surface area contributed by atoms with Gasteiger partial charge in [0.2, 0.25) is 10.0 Å². The Bertz CT molecular complexity index is 369. The number of hydrogen-bond acceptors (Lipinski definition) is 2. The third-order valence-corrected chi connectivity index (χ3v) is 2.03. The molecule has 1 radical (unpaired) electrons. The molecule has 13 heavy (non-hydrogen) atoms. The fourth-order valence-electron chi connectivity index (χ4n) is 0.883. The van der Waals surface area contributed by atoms with Gasteiger partial charge in [0.15, 0.2) is 0 Å². The van der Waals surface area contributed by atoms with Gasteiger partial charge >= 0.3 is 0 Å². The minimum atomic E-state index is -3.22. The van der Waals surface area contributed by atoms with Gasteiger partial charge in [-0.3, -0.25) is 4.72 Å². The summed E-state index contributed by atoms with van der Waals surface area (Å²) in [6, 6.07) is 6.32. The van der Waals surface area contributed by atoms with Crippen molar-refractivity contribution in [2.24, 2.45) is 0 Å². The van der Waals surface area contributed by atoms with Crippen molar-refractivity contribution in [3.8, 4) is 0 Å². The van der Waals surface area contributed by atoms with Gasteiger partial charge in [-0.2, -0.15) is 0 Å². The molecule has 4 nitrogen and oxygen atoms in total. The molecule has 0 aliphatic rings. The van der Waals surface area contributed by atoms with Crippen molar-refractivity contribution in [1.82, 2.24) is 0 Å². The summed E-state index contributed by atoms with van der Waals surface area (Å²) in [4.78, 5) is 0. The first-order valence-corrected chi connectivity index (χ1v) is 5.55. The highest BCUT2D eigenvalue weighted by Crippen LogP contribution is 2.10. The molecule has 0 spiro atoms. The Hall–Kier alpha value is -1.07. The maximum absolute atomic E-state index is 10.8. The lowest BCUT2D eigenvalue weighted by atomic mass is 10.2. The SMILES string of the molecule is CS(=O)(=O)Nc1ccc(C[O])cc1. The predicted octanol–water partition coefficient (Wildman–Crippen LogP) is 0.989. The number of hydrogen-bond donors (Lipinski definition) is 1. The summed E-state index contributed by atoms with van der Waals surface area (Å²) in [5.74, 6) is 0. The lowest BCUT2D eigenvalue weighted by Crippen LogP contribution is -2.09. The Labute approximate surface area is 77.3 Å². The molecular weight excluding hydrogens is 190 g/mol. The van der Waals surface area contributed by atoms with E-state index in [-0.39, 0.29) is 6.61 Å². The zero-order valence-electron chi connectivity index (χ0n) is 7.15. The van der Waals surface area contributed by atoms with E-state index in [2.05, 4.69) is 4.72 Å². The number of anilines is 1. The van der Waals surface area contributed by atoms with Crippen LogP contribution in [0.5, 0.6) is 0 Å². The third-order valence-electron chi connectivity index (χ3n) is 1.42. The van der Waals surface area contributed by atoms with Gasteiger partial charge in [-0.1, -0.05) is 12.1 Å². The van der Waals surface area contributed by atoms with Crippen LogP contribution in [-0.4, -0.2) is 14.7 Å². The van der Waals surface area contributed by atoms with Crippen molar-refractivity contribution >= 4 is 15.7 Å². The van der Waals surface area contributed by atoms with Gasteiger partial charge in [0.05, 0.1) is 6.26 Å². The van der Waals surface area contributed by atoms with Crippen molar-refractivity contribution in [3.63, 3.8) is 0 Å². The number of benzene rings is 1. The molecule has 0 aliphatic carbocycles. The van der Waals surface area contributed by atoms with Gasteiger partial charge in [0.1, 0.15) is 6.61 Å². The molecule has 0 heterocycles. The fraction of sp³-hybridized carbons (Fsp3) is 0.250. The smallest absolute Gasteiger partial charge is 0.229 e. The van der Waals surface area contributed by atoms with Crippen molar-refractivity contribution in [1.29, 1.82) is 0 Å². The number of sulfonamides is 1. The van der Waals surface area contributed by atoms with Crippen LogP contribution < -0.4 is 4.72 Å². The van der Waals surface area contributed by atoms with Gasteiger partial charge in [0.25, 0.3) is 0 Å². The maximum Gasteiger partial charge on any atom is 0.229 e. The Morgan fingerprint density at radius 2 is 1.77 bits per heavy atom. The summed E-state index contributed by atoms with van der Waals surface area (Å²) in [5, 5.41) is 10.4. The van der Waals surface area contributed by atoms with Crippen LogP contribution in [0.1, 0.15) is 5.56 Å². The van der Waals surface area contributed by atoms with E-state index < -0.39 is 10.0 Å². The van der Waals surface area contributed by atoms with Gasteiger partial charge in [0, 0.05) is 5.69 Å². The summed E-state index contributed by atoms with van der Waals surface area (Å²) in [5.41, 5.74) is 1.11. The normalized spacial score (nSPS) is 11.2. The van der Waals surface area contributed by atoms with Gasteiger partial charge in [-0.25, -0.2) is 13.5 Å². The lowest BCUT2D eigenvalue weighted by Gasteiger charge is -2.03. The second-order valence-electron chi connectivity index (χ2n) is 2.72. The predicted molar refractivity (Wildman–Crippen MR) is 49.3 cm³/mol. The minimum Gasteiger partial charge on any atom is -0.284 e. The van der Waals surface area contributed by atoms with Crippen LogP contribution >= 0.6 is 0 Å². The first kappa shape index (κ1) is 10.0. The molecule has 0 aliphatic heterocycles. The molecule has 1 N–H and O–H groups in total. The Kier molecular flexibility index (Phi) is 2.90. The largest absolute Gasteiger partial charge is 0.284 e. The van der Waals surface area contributed by atoms with Crippen LogP contribution in [0.15, 0.2) is 24.3 Å². The van der Waals surface area contributed by atoms with E-state index in [1.54, 1.807) is 24.3 Å². The Balaban J connectivity index is 2.81. The molecule has 0 atom stereocenters. The van der Waals surface area contributed by atoms with E-state index in [9.17, 15) is 13.5 Å². The van der Waals surface area contributed by atoms with E-state index in [0.29, 0.717) is 11.3 Å². The molecule has 0 bridgehead atoms. The minimum absolute atomic E-state index is 0.293. The zero-order valence-corrected chi connectivity index (χ0v) is 7.97. The molecule has 0 unspecified atom stereocenters. The summed E-state index contributed by atoms with van der Waals surface area (Å²) in [6.07, 6.45) is 1.08. The van der Waals surface area contributed by atoms with E-state index in [0.717, 1.165) is 6.26 Å². The molecule has 1 aromatic rings. The average molecular weight is 200 g/mol. The standard InChI is InChI=1S/C8H10NO3S/c1-13(11,12)9-8-4-2-7(6-10)3-5-8/h2-5,9H,6H2,1H3. The molecule has 1 rings (SSSR count). The molecule has 1 aromatic carbocycles. The highest BCUT2D eigenvalue weighted by Gasteiger charge is 2.00. The summed E-state index contributed by atoms with van der Waals surface area (Å²) in [6.45, 7) is -0.293. The van der Waals surface area contributed by atoms with Crippen molar-refractivity contribution in [2.45, 2.75) is 6.61 Å². The molecule has 0 fully saturated rings. The maximum atomic E-state index is 10.8. The first-order valence-electron chi connectivity index (χ1n) is 3.66. The van der Waals surface area contributed by atoms with Crippen LogP contribution in [0, 0.1) is 0 Å². The summed E-state index contributed by atoms with van der Waals surface area (Å²) >= 11 is 0. The molecule has 0 saturated carbocycles. The van der Waals surface area contributed by atoms with Gasteiger partial charge in [-0.15, -0.1) is 0 Å². The van der Waals surface area contributed by atoms with Crippen LogP contribution in [0.4, 0.5) is 5.69 Å². The quantitative estimate of drug-likeness (QED) is 0.790. The van der Waals surface area contributed by atoms with Gasteiger partial charge < -0.3 is 0 Å². The molecule has 5 heteroatoms. The highest BCUT2D eigenvalue weighted by molar-refractivity contribution is 7.92. The molecule has 0 aromatic heterocycles. The fourth-order valence-corrected chi connectivity index (χ4v) is 1.45. The van der Waals surface area contributed by atoms with Crippen LogP contribution in [-0.2, 0) is 21.7 Å². The molecule has 0 amide bonds. The topological polar surface area (TPSA) is 66.1 Å². The second kappa shape index (κ2) is 3.76. The zero-order chi connectivity index (χ0) is 9.90. The van der Waals surface area contributed by atoms with Crippen LogP contribution in [0.3, 0.4) is 0 Å². The Morgan fingerprint density at radius 1 is 1.23 bits per heavy atom. The first-order chi connectivity index (χ1) is 6.01. The monoisotopic (exact) mass is 200 g/mol. The molecular formula is C8H10NO3S. The van der Waals surface area contributed by atoms with Crippen molar-refractivity contribution in [2.75, 3.05) is 11.0 Å². The lowest BCUT2D eigenvalue weighted by molar-refractivity contribution is 0.177. The number of rotatable bonds is 3. The van der Waals surface area contributed by atoms with Crippen molar-refractivity contribution in [3.05, 3.63) is 29.8 Å². The van der Waals surface area contributed by atoms with Crippen molar-refractivity contribution < 1.29 is 13.5 Å². The third kappa shape index (κ3) is 3.43. The molecule has 0 saturated heterocycles. The Morgan fingerprint density at radius 3 is 2.15 bits per heavy atom. The summed E-state index contributed by atoms with van der Waals surface area (Å²) in [7, 11) is -3.22.